The van der Waals surface area contributed by atoms with Crippen molar-refractivity contribution >= 4 is 5.78 Å². The van der Waals surface area contributed by atoms with Crippen molar-refractivity contribution in [2.24, 2.45) is 16.7 Å². The summed E-state index contributed by atoms with van der Waals surface area (Å²) in [6.07, 6.45) is 3.76. The van der Waals surface area contributed by atoms with Crippen LogP contribution in [0.4, 0.5) is 0 Å². The average molecular weight is 182 g/mol. The first-order valence-electron chi connectivity index (χ1n) is 5.19. The topological polar surface area (TPSA) is 37.3 Å². The minimum atomic E-state index is -0.125. The lowest BCUT2D eigenvalue weighted by Crippen LogP contribution is -2.35. The Morgan fingerprint density at radius 2 is 2.23 bits per heavy atom. The molecule has 0 radical (unpaired) electrons. The van der Waals surface area contributed by atoms with E-state index < -0.39 is 0 Å². The van der Waals surface area contributed by atoms with Gasteiger partial charge in [0.1, 0.15) is 5.78 Å². The summed E-state index contributed by atoms with van der Waals surface area (Å²) >= 11 is 0. The molecule has 0 spiro atoms. The van der Waals surface area contributed by atoms with E-state index in [0.717, 1.165) is 19.3 Å². The van der Waals surface area contributed by atoms with Gasteiger partial charge in [0.2, 0.25) is 0 Å². The molecule has 2 bridgehead atoms. The van der Waals surface area contributed by atoms with Gasteiger partial charge in [-0.3, -0.25) is 4.79 Å². The van der Waals surface area contributed by atoms with Crippen molar-refractivity contribution in [3.05, 3.63) is 0 Å². The molecule has 2 rings (SSSR count). The lowest BCUT2D eigenvalue weighted by Gasteiger charge is -2.36. The molecule has 0 aromatic rings. The molecular weight excluding hydrogens is 164 g/mol. The molecule has 0 amide bonds. The number of rotatable bonds is 2. The van der Waals surface area contributed by atoms with Crippen LogP contribution in [0.2, 0.25) is 0 Å². The standard InChI is InChI=1S/C11H18O2/c1-10(5-6-12)8-3-4-11(10,2)9(13)7-8/h8,12H,3-7H2,1-2H3. The quantitative estimate of drug-likeness (QED) is 0.706. The van der Waals surface area contributed by atoms with Crippen molar-refractivity contribution in [2.45, 2.75) is 39.5 Å². The fourth-order valence-corrected chi connectivity index (χ4v) is 3.46. The molecule has 0 aromatic carbocycles. The van der Waals surface area contributed by atoms with Crippen LogP contribution in [0.25, 0.3) is 0 Å². The molecule has 2 fully saturated rings. The van der Waals surface area contributed by atoms with Gasteiger partial charge in [0.25, 0.3) is 0 Å². The first kappa shape index (κ1) is 9.20. The van der Waals surface area contributed by atoms with Gasteiger partial charge in [0.05, 0.1) is 0 Å². The summed E-state index contributed by atoms with van der Waals surface area (Å²) in [5.41, 5.74) is -0.0424. The third-order valence-corrected chi connectivity index (χ3v) is 4.83. The predicted octanol–water partition coefficient (Wildman–Crippen LogP) is 1.76. The van der Waals surface area contributed by atoms with Gasteiger partial charge in [-0.15, -0.1) is 0 Å². The monoisotopic (exact) mass is 182 g/mol. The van der Waals surface area contributed by atoms with Gasteiger partial charge in [0.15, 0.2) is 0 Å². The highest BCUT2D eigenvalue weighted by Crippen LogP contribution is 2.65. The van der Waals surface area contributed by atoms with E-state index in [1.165, 1.54) is 6.42 Å². The number of carbonyl (C=O) groups is 1. The van der Waals surface area contributed by atoms with Gasteiger partial charge in [-0.2, -0.15) is 0 Å². The fraction of sp³-hybridized carbons (Fsp3) is 0.909. The average Bonchev–Trinajstić information content (AvgIpc) is 2.39. The molecule has 3 atom stereocenters. The zero-order valence-corrected chi connectivity index (χ0v) is 8.47. The third-order valence-electron chi connectivity index (χ3n) is 4.83. The molecule has 2 heteroatoms. The Hall–Kier alpha value is -0.370. The Labute approximate surface area is 79.3 Å². The molecule has 2 nitrogen and oxygen atoms in total. The highest BCUT2D eigenvalue weighted by molar-refractivity contribution is 5.89. The number of Topliss-reactive ketones (excluding diaryl/α,β-unsaturated/α-hetero) is 1. The summed E-state index contributed by atoms with van der Waals surface area (Å²) in [6, 6.07) is 0. The van der Waals surface area contributed by atoms with Gasteiger partial charge in [0, 0.05) is 18.4 Å². The Morgan fingerprint density at radius 3 is 2.62 bits per heavy atom. The zero-order valence-electron chi connectivity index (χ0n) is 8.47. The minimum absolute atomic E-state index is 0.0822. The van der Waals surface area contributed by atoms with E-state index in [1.54, 1.807) is 0 Å². The van der Waals surface area contributed by atoms with Crippen molar-refractivity contribution < 1.29 is 9.90 Å². The molecule has 2 saturated carbocycles. The summed E-state index contributed by atoms with van der Waals surface area (Å²) in [6.45, 7) is 4.50. The normalized spacial score (nSPS) is 48.8. The fourth-order valence-electron chi connectivity index (χ4n) is 3.46. The Morgan fingerprint density at radius 1 is 1.54 bits per heavy atom. The highest BCUT2D eigenvalue weighted by Gasteiger charge is 2.63. The molecule has 0 aliphatic heterocycles. The Balaban J connectivity index is 2.35. The van der Waals surface area contributed by atoms with Gasteiger partial charge in [-0.25, -0.2) is 0 Å². The lowest BCUT2D eigenvalue weighted by molar-refractivity contribution is -0.128. The second-order valence-corrected chi connectivity index (χ2v) is 5.09. The van der Waals surface area contributed by atoms with Crippen molar-refractivity contribution in [3.8, 4) is 0 Å². The van der Waals surface area contributed by atoms with Crippen molar-refractivity contribution in [3.63, 3.8) is 0 Å². The van der Waals surface area contributed by atoms with Crippen molar-refractivity contribution in [1.29, 1.82) is 0 Å². The molecular formula is C11H18O2. The maximum atomic E-state index is 11.8. The molecule has 74 valence electrons. The van der Waals surface area contributed by atoms with E-state index >= 15 is 0 Å². The summed E-state index contributed by atoms with van der Waals surface area (Å²) in [7, 11) is 0. The summed E-state index contributed by atoms with van der Waals surface area (Å²) < 4.78 is 0. The summed E-state index contributed by atoms with van der Waals surface area (Å²) in [4.78, 5) is 11.8. The number of hydrogen-bond donors (Lipinski definition) is 1. The van der Waals surface area contributed by atoms with Crippen LogP contribution in [0.3, 0.4) is 0 Å². The van der Waals surface area contributed by atoms with E-state index in [-0.39, 0.29) is 17.4 Å². The van der Waals surface area contributed by atoms with Gasteiger partial charge < -0.3 is 5.11 Å². The molecule has 3 unspecified atom stereocenters. The predicted molar refractivity (Wildman–Crippen MR) is 50.3 cm³/mol. The van der Waals surface area contributed by atoms with Crippen LogP contribution in [-0.2, 0) is 4.79 Å². The summed E-state index contributed by atoms with van der Waals surface area (Å²) in [5.74, 6) is 0.969. The van der Waals surface area contributed by atoms with E-state index in [1.807, 2.05) is 0 Å². The molecule has 0 aromatic heterocycles. The minimum Gasteiger partial charge on any atom is -0.396 e. The Bertz CT molecular complexity index is 248. The summed E-state index contributed by atoms with van der Waals surface area (Å²) in [5, 5.41) is 9.04. The maximum absolute atomic E-state index is 11.8. The smallest absolute Gasteiger partial charge is 0.139 e. The number of hydrogen-bond acceptors (Lipinski definition) is 2. The largest absolute Gasteiger partial charge is 0.396 e. The van der Waals surface area contributed by atoms with Crippen molar-refractivity contribution in [1.82, 2.24) is 0 Å². The first-order valence-corrected chi connectivity index (χ1v) is 5.19. The SMILES string of the molecule is CC12CCC(CC1=O)C2(C)CCO. The van der Waals surface area contributed by atoms with E-state index in [4.69, 9.17) is 5.11 Å². The van der Waals surface area contributed by atoms with Crippen LogP contribution in [0.1, 0.15) is 39.5 Å². The highest BCUT2D eigenvalue weighted by atomic mass is 16.3. The van der Waals surface area contributed by atoms with Crippen LogP contribution in [0, 0.1) is 16.7 Å². The van der Waals surface area contributed by atoms with E-state index in [9.17, 15) is 4.79 Å². The van der Waals surface area contributed by atoms with E-state index in [2.05, 4.69) is 13.8 Å². The van der Waals surface area contributed by atoms with Gasteiger partial charge in [-0.1, -0.05) is 13.8 Å². The lowest BCUT2D eigenvalue weighted by atomic mass is 9.67. The number of ketones is 1. The van der Waals surface area contributed by atoms with Crippen LogP contribution >= 0.6 is 0 Å². The van der Waals surface area contributed by atoms with Gasteiger partial charge >= 0.3 is 0 Å². The molecule has 13 heavy (non-hydrogen) atoms. The number of fused-ring (bicyclic) bond motifs is 2. The zero-order chi connectivity index (χ0) is 9.69. The van der Waals surface area contributed by atoms with E-state index in [0.29, 0.717) is 11.7 Å². The molecule has 2 aliphatic rings. The number of aliphatic hydroxyl groups is 1. The molecule has 0 saturated heterocycles. The van der Waals surface area contributed by atoms with Crippen molar-refractivity contribution in [2.75, 3.05) is 6.61 Å². The molecule has 0 heterocycles. The molecule has 2 aliphatic carbocycles. The Kier molecular flexibility index (Phi) is 1.82. The van der Waals surface area contributed by atoms with Crippen LogP contribution in [-0.4, -0.2) is 17.5 Å². The number of aliphatic hydroxyl groups excluding tert-OH is 1. The first-order chi connectivity index (χ1) is 6.04. The van der Waals surface area contributed by atoms with Gasteiger partial charge in [-0.05, 0) is 30.6 Å². The maximum Gasteiger partial charge on any atom is 0.139 e. The van der Waals surface area contributed by atoms with Crippen LogP contribution in [0.5, 0.6) is 0 Å². The second kappa shape index (κ2) is 2.57. The molecule has 1 N–H and O–H groups in total. The second-order valence-electron chi connectivity index (χ2n) is 5.09. The van der Waals surface area contributed by atoms with Crippen LogP contribution < -0.4 is 0 Å². The number of carbonyl (C=O) groups excluding carboxylic acids is 1. The third kappa shape index (κ3) is 0.899. The van der Waals surface area contributed by atoms with Crippen LogP contribution in [0.15, 0.2) is 0 Å².